The van der Waals surface area contributed by atoms with Crippen molar-refractivity contribution in [1.82, 2.24) is 14.9 Å². The third-order valence-corrected chi connectivity index (χ3v) is 3.55. The van der Waals surface area contributed by atoms with Crippen LogP contribution in [0.15, 0.2) is 73.2 Å². The number of imidazole rings is 1. The smallest absolute Gasteiger partial charge is 0.270 e. The van der Waals surface area contributed by atoms with Crippen LogP contribution in [0.25, 0.3) is 5.69 Å². The minimum atomic E-state index is -0.141. The second-order valence-corrected chi connectivity index (χ2v) is 5.09. The Labute approximate surface area is 129 Å². The van der Waals surface area contributed by atoms with Crippen molar-refractivity contribution in [2.24, 2.45) is 0 Å². The van der Waals surface area contributed by atoms with E-state index in [0.717, 1.165) is 11.3 Å². The van der Waals surface area contributed by atoms with Crippen molar-refractivity contribution < 1.29 is 4.79 Å². The molecule has 4 heteroatoms. The topological polar surface area (TPSA) is 46.9 Å². The van der Waals surface area contributed by atoms with Gasteiger partial charge < -0.3 is 5.32 Å². The molecule has 1 amide bonds. The van der Waals surface area contributed by atoms with Gasteiger partial charge in [0.05, 0.1) is 18.6 Å². The van der Waals surface area contributed by atoms with Crippen LogP contribution in [-0.4, -0.2) is 15.5 Å². The lowest BCUT2D eigenvalue weighted by Crippen LogP contribution is -2.28. The lowest BCUT2D eigenvalue weighted by atomic mass is 10.1. The van der Waals surface area contributed by atoms with Gasteiger partial charge in [-0.25, -0.2) is 4.98 Å². The van der Waals surface area contributed by atoms with E-state index in [-0.39, 0.29) is 11.9 Å². The van der Waals surface area contributed by atoms with E-state index in [1.807, 2.05) is 67.6 Å². The van der Waals surface area contributed by atoms with E-state index in [2.05, 4.69) is 10.3 Å². The molecule has 1 N–H and O–H groups in total. The van der Waals surface area contributed by atoms with Gasteiger partial charge in [-0.3, -0.25) is 9.36 Å². The van der Waals surface area contributed by atoms with Gasteiger partial charge in [-0.2, -0.15) is 0 Å². The van der Waals surface area contributed by atoms with E-state index in [1.54, 1.807) is 17.1 Å². The van der Waals surface area contributed by atoms with Crippen LogP contribution in [0, 0.1) is 0 Å². The quantitative estimate of drug-likeness (QED) is 0.801. The van der Waals surface area contributed by atoms with E-state index in [0.29, 0.717) is 5.69 Å². The summed E-state index contributed by atoms with van der Waals surface area (Å²) in [4.78, 5) is 16.6. The first-order valence-corrected chi connectivity index (χ1v) is 7.19. The number of hydrogen-bond donors (Lipinski definition) is 1. The Kier molecular flexibility index (Phi) is 4.01. The molecule has 0 fully saturated rings. The van der Waals surface area contributed by atoms with E-state index >= 15 is 0 Å². The predicted octanol–water partition coefficient (Wildman–Crippen LogP) is 3.36. The van der Waals surface area contributed by atoms with E-state index in [1.165, 1.54) is 0 Å². The minimum absolute atomic E-state index is 0.0622. The molecule has 0 aliphatic heterocycles. The number of aromatic nitrogens is 2. The van der Waals surface area contributed by atoms with E-state index in [9.17, 15) is 4.79 Å². The van der Waals surface area contributed by atoms with Crippen LogP contribution in [-0.2, 0) is 0 Å². The third kappa shape index (κ3) is 2.91. The Balaban J connectivity index is 1.81. The van der Waals surface area contributed by atoms with E-state index < -0.39 is 0 Å². The summed E-state index contributed by atoms with van der Waals surface area (Å²) in [6, 6.07) is 19.5. The summed E-state index contributed by atoms with van der Waals surface area (Å²) in [5.41, 5.74) is 2.51. The Morgan fingerprint density at radius 2 is 1.68 bits per heavy atom. The van der Waals surface area contributed by atoms with Crippen molar-refractivity contribution in [2.45, 2.75) is 13.0 Å². The number of carbonyl (C=O) groups excluding carboxylic acids is 1. The number of benzene rings is 2. The monoisotopic (exact) mass is 291 g/mol. The molecule has 1 aromatic heterocycles. The van der Waals surface area contributed by atoms with Gasteiger partial charge in [-0.05, 0) is 24.6 Å². The highest BCUT2D eigenvalue weighted by molar-refractivity contribution is 5.93. The second kappa shape index (κ2) is 6.26. The predicted molar refractivity (Wildman–Crippen MR) is 85.9 cm³/mol. The molecule has 0 aliphatic rings. The molecule has 0 spiro atoms. The molecule has 0 saturated carbocycles. The van der Waals surface area contributed by atoms with Crippen LogP contribution in [0.4, 0.5) is 0 Å². The molecule has 2 aromatic carbocycles. The lowest BCUT2D eigenvalue weighted by Gasteiger charge is -2.15. The van der Waals surface area contributed by atoms with Gasteiger partial charge in [0.25, 0.3) is 5.91 Å². The van der Waals surface area contributed by atoms with Crippen molar-refractivity contribution >= 4 is 5.91 Å². The maximum Gasteiger partial charge on any atom is 0.270 e. The van der Waals surface area contributed by atoms with Crippen LogP contribution in [0.2, 0.25) is 0 Å². The Morgan fingerprint density at radius 1 is 1.05 bits per heavy atom. The fourth-order valence-corrected chi connectivity index (χ4v) is 2.35. The largest absolute Gasteiger partial charge is 0.344 e. The molecule has 3 rings (SSSR count). The van der Waals surface area contributed by atoms with Crippen LogP contribution in [0.5, 0.6) is 0 Å². The van der Waals surface area contributed by atoms with Crippen LogP contribution in [0.3, 0.4) is 0 Å². The summed E-state index contributed by atoms with van der Waals surface area (Å²) in [5.74, 6) is -0.141. The van der Waals surface area contributed by atoms with Crippen molar-refractivity contribution in [3.05, 3.63) is 84.4 Å². The molecule has 4 nitrogen and oxygen atoms in total. The zero-order valence-electron chi connectivity index (χ0n) is 12.3. The first-order chi connectivity index (χ1) is 10.8. The SMILES string of the molecule is C[C@@H](NC(=O)c1cncn1-c1ccccc1)c1ccccc1. The molecular weight excluding hydrogens is 274 g/mol. The lowest BCUT2D eigenvalue weighted by molar-refractivity contribution is 0.0933. The number of nitrogens with zero attached hydrogens (tertiary/aromatic N) is 2. The first-order valence-electron chi connectivity index (χ1n) is 7.19. The average Bonchev–Trinajstić information content (AvgIpc) is 3.06. The highest BCUT2D eigenvalue weighted by Crippen LogP contribution is 2.14. The number of para-hydroxylation sites is 1. The average molecular weight is 291 g/mol. The maximum atomic E-state index is 12.5. The molecular formula is C18H17N3O. The van der Waals surface area contributed by atoms with Gasteiger partial charge >= 0.3 is 0 Å². The van der Waals surface area contributed by atoms with Crippen molar-refractivity contribution in [3.63, 3.8) is 0 Å². The number of rotatable bonds is 4. The number of hydrogen-bond acceptors (Lipinski definition) is 2. The zero-order valence-corrected chi connectivity index (χ0v) is 12.3. The molecule has 0 unspecified atom stereocenters. The molecule has 0 bridgehead atoms. The van der Waals surface area contributed by atoms with Gasteiger partial charge in [0.1, 0.15) is 5.69 Å². The normalized spacial score (nSPS) is 11.9. The number of nitrogens with one attached hydrogen (secondary N) is 1. The fourth-order valence-electron chi connectivity index (χ4n) is 2.35. The Hall–Kier alpha value is -2.88. The first kappa shape index (κ1) is 14.1. The Morgan fingerprint density at radius 3 is 2.36 bits per heavy atom. The minimum Gasteiger partial charge on any atom is -0.344 e. The third-order valence-electron chi connectivity index (χ3n) is 3.55. The summed E-state index contributed by atoms with van der Waals surface area (Å²) >= 11 is 0. The molecule has 1 atom stereocenters. The summed E-state index contributed by atoms with van der Waals surface area (Å²) in [6.45, 7) is 1.97. The molecule has 0 radical (unpaired) electrons. The second-order valence-electron chi connectivity index (χ2n) is 5.09. The summed E-state index contributed by atoms with van der Waals surface area (Å²) in [6.07, 6.45) is 3.23. The molecule has 0 saturated heterocycles. The standard InChI is InChI=1S/C18H17N3O/c1-14(15-8-4-2-5-9-15)20-18(22)17-12-19-13-21(17)16-10-6-3-7-11-16/h2-14H,1H3,(H,20,22)/t14-/m1/s1. The molecule has 22 heavy (non-hydrogen) atoms. The van der Waals surface area contributed by atoms with Crippen molar-refractivity contribution in [1.29, 1.82) is 0 Å². The Bertz CT molecular complexity index is 750. The van der Waals surface area contributed by atoms with Gasteiger partial charge in [0, 0.05) is 5.69 Å². The number of amides is 1. The van der Waals surface area contributed by atoms with Crippen molar-refractivity contribution in [2.75, 3.05) is 0 Å². The summed E-state index contributed by atoms with van der Waals surface area (Å²) < 4.78 is 1.78. The van der Waals surface area contributed by atoms with Gasteiger partial charge in [0.2, 0.25) is 0 Å². The summed E-state index contributed by atoms with van der Waals surface area (Å²) in [7, 11) is 0. The van der Waals surface area contributed by atoms with E-state index in [4.69, 9.17) is 0 Å². The van der Waals surface area contributed by atoms with Crippen LogP contribution >= 0.6 is 0 Å². The van der Waals surface area contributed by atoms with Gasteiger partial charge in [0.15, 0.2) is 0 Å². The molecule has 0 aliphatic carbocycles. The van der Waals surface area contributed by atoms with Crippen LogP contribution < -0.4 is 5.32 Å². The zero-order chi connectivity index (χ0) is 15.4. The molecule has 3 aromatic rings. The van der Waals surface area contributed by atoms with Gasteiger partial charge in [-0.15, -0.1) is 0 Å². The fraction of sp³-hybridized carbons (Fsp3) is 0.111. The molecule has 1 heterocycles. The number of carbonyl (C=O) groups is 1. The van der Waals surface area contributed by atoms with Crippen LogP contribution in [0.1, 0.15) is 29.0 Å². The summed E-state index contributed by atoms with van der Waals surface area (Å²) in [5, 5.41) is 3.01. The maximum absolute atomic E-state index is 12.5. The molecule has 110 valence electrons. The van der Waals surface area contributed by atoms with Crippen molar-refractivity contribution in [3.8, 4) is 5.69 Å². The highest BCUT2D eigenvalue weighted by atomic mass is 16.2. The van der Waals surface area contributed by atoms with Gasteiger partial charge in [-0.1, -0.05) is 48.5 Å². The highest BCUT2D eigenvalue weighted by Gasteiger charge is 2.15.